The number of rotatable bonds is 4. The number of benzene rings is 1. The molecule has 0 heterocycles. The minimum atomic E-state index is -3.40. The Morgan fingerprint density at radius 1 is 1.31 bits per heavy atom. The summed E-state index contributed by atoms with van der Waals surface area (Å²) in [6, 6.07) is 7.88. The smallest absolute Gasteiger partial charge is 0.207 e. The van der Waals surface area contributed by atoms with Crippen LogP contribution in [0, 0.1) is 11.3 Å². The Kier molecular flexibility index (Phi) is 4.05. The molecule has 0 fully saturated rings. The van der Waals surface area contributed by atoms with E-state index in [1.54, 1.807) is 7.05 Å². The van der Waals surface area contributed by atoms with E-state index in [4.69, 9.17) is 5.26 Å². The summed E-state index contributed by atoms with van der Waals surface area (Å²) in [5.74, 6) is 0. The summed E-state index contributed by atoms with van der Waals surface area (Å²) < 4.78 is 25.2. The van der Waals surface area contributed by atoms with Crippen molar-refractivity contribution < 1.29 is 8.42 Å². The summed E-state index contributed by atoms with van der Waals surface area (Å²) in [7, 11) is -1.85. The lowest BCUT2D eigenvalue weighted by molar-refractivity contribution is 0.468. The first-order valence-corrected chi connectivity index (χ1v) is 6.43. The van der Waals surface area contributed by atoms with Gasteiger partial charge in [0.05, 0.1) is 16.5 Å². The van der Waals surface area contributed by atoms with Gasteiger partial charge < -0.3 is 0 Å². The van der Waals surface area contributed by atoms with E-state index in [0.717, 1.165) is 6.42 Å². The van der Waals surface area contributed by atoms with Crippen molar-refractivity contribution >= 4 is 10.0 Å². The number of nitrogens with zero attached hydrogens (tertiary/aromatic N) is 2. The molecule has 86 valence electrons. The summed E-state index contributed by atoms with van der Waals surface area (Å²) in [5.41, 5.74) is 0.456. The molecule has 4 nitrogen and oxygen atoms in total. The zero-order chi connectivity index (χ0) is 12.2. The molecule has 1 aromatic rings. The molecule has 0 aliphatic carbocycles. The largest absolute Gasteiger partial charge is 0.242 e. The fourth-order valence-electron chi connectivity index (χ4n) is 1.32. The second kappa shape index (κ2) is 5.10. The van der Waals surface area contributed by atoms with Crippen LogP contribution in [0.2, 0.25) is 0 Å². The van der Waals surface area contributed by atoms with Crippen molar-refractivity contribution in [2.24, 2.45) is 0 Å². The van der Waals surface area contributed by atoms with Gasteiger partial charge >= 0.3 is 0 Å². The third-order valence-corrected chi connectivity index (χ3v) is 4.10. The zero-order valence-electron chi connectivity index (χ0n) is 9.34. The maximum atomic E-state index is 12.0. The predicted octanol–water partition coefficient (Wildman–Crippen LogP) is 1.59. The molecule has 16 heavy (non-hydrogen) atoms. The highest BCUT2D eigenvalue weighted by Gasteiger charge is 2.19. The first kappa shape index (κ1) is 12.7. The third kappa shape index (κ3) is 2.60. The Balaban J connectivity index is 3.04. The molecule has 5 heteroatoms. The topological polar surface area (TPSA) is 61.2 Å². The van der Waals surface area contributed by atoms with E-state index in [-0.39, 0.29) is 4.90 Å². The summed E-state index contributed by atoms with van der Waals surface area (Å²) in [5, 5.41) is 8.61. The van der Waals surface area contributed by atoms with Crippen LogP contribution < -0.4 is 0 Å². The lowest BCUT2D eigenvalue weighted by atomic mass is 10.2. The lowest BCUT2D eigenvalue weighted by Gasteiger charge is -2.15. The van der Waals surface area contributed by atoms with Gasteiger partial charge in [0.2, 0.25) is 10.0 Å². The van der Waals surface area contributed by atoms with E-state index in [2.05, 4.69) is 0 Å². The van der Waals surface area contributed by atoms with Crippen LogP contribution in [0.4, 0.5) is 0 Å². The van der Waals surface area contributed by atoms with Crippen molar-refractivity contribution in [1.82, 2.24) is 4.31 Å². The Morgan fingerprint density at radius 2 is 1.88 bits per heavy atom. The van der Waals surface area contributed by atoms with Crippen molar-refractivity contribution in [1.29, 1.82) is 5.26 Å². The SMILES string of the molecule is CCCN(C)S(=O)(=O)c1ccc(C#N)cc1. The minimum absolute atomic E-state index is 0.224. The van der Waals surface area contributed by atoms with Crippen LogP contribution in [0.5, 0.6) is 0 Å². The van der Waals surface area contributed by atoms with Gasteiger partial charge in [0.25, 0.3) is 0 Å². The van der Waals surface area contributed by atoms with Gasteiger partial charge in [0, 0.05) is 13.6 Å². The van der Waals surface area contributed by atoms with Crippen molar-refractivity contribution in [2.75, 3.05) is 13.6 Å². The lowest BCUT2D eigenvalue weighted by Crippen LogP contribution is -2.27. The van der Waals surface area contributed by atoms with Crippen LogP contribution in [0.3, 0.4) is 0 Å². The summed E-state index contributed by atoms with van der Waals surface area (Å²) in [6.45, 7) is 2.41. The number of sulfonamides is 1. The van der Waals surface area contributed by atoms with Gasteiger partial charge in [-0.25, -0.2) is 12.7 Å². The summed E-state index contributed by atoms with van der Waals surface area (Å²) in [4.78, 5) is 0.224. The van der Waals surface area contributed by atoms with E-state index in [9.17, 15) is 8.42 Å². The molecule has 0 bridgehead atoms. The quantitative estimate of drug-likeness (QED) is 0.800. The maximum Gasteiger partial charge on any atom is 0.242 e. The van der Waals surface area contributed by atoms with Gasteiger partial charge in [-0.1, -0.05) is 6.92 Å². The Morgan fingerprint density at radius 3 is 2.31 bits per heavy atom. The number of hydrogen-bond acceptors (Lipinski definition) is 3. The molecule has 0 aliphatic heterocycles. The van der Waals surface area contributed by atoms with Crippen LogP contribution in [-0.2, 0) is 10.0 Å². The normalized spacial score (nSPS) is 11.4. The monoisotopic (exact) mass is 238 g/mol. The molecule has 0 amide bonds. The maximum absolute atomic E-state index is 12.0. The third-order valence-electron chi connectivity index (χ3n) is 2.23. The van der Waals surface area contributed by atoms with Crippen molar-refractivity contribution in [3.05, 3.63) is 29.8 Å². The molecule has 1 rings (SSSR count). The minimum Gasteiger partial charge on any atom is -0.207 e. The molecule has 0 aliphatic rings. The van der Waals surface area contributed by atoms with Crippen LogP contribution in [0.15, 0.2) is 29.2 Å². The van der Waals surface area contributed by atoms with Crippen molar-refractivity contribution in [3.8, 4) is 6.07 Å². The highest BCUT2D eigenvalue weighted by molar-refractivity contribution is 7.89. The van der Waals surface area contributed by atoms with E-state index in [1.165, 1.54) is 28.6 Å². The summed E-state index contributed by atoms with van der Waals surface area (Å²) in [6.07, 6.45) is 0.770. The van der Waals surface area contributed by atoms with Crippen molar-refractivity contribution in [2.45, 2.75) is 18.2 Å². The molecule has 1 aromatic carbocycles. The van der Waals surface area contributed by atoms with Crippen LogP contribution >= 0.6 is 0 Å². The molecule has 0 radical (unpaired) electrons. The highest BCUT2D eigenvalue weighted by Crippen LogP contribution is 2.14. The fraction of sp³-hybridized carbons (Fsp3) is 0.364. The van der Waals surface area contributed by atoms with Gasteiger partial charge in [-0.2, -0.15) is 5.26 Å². The molecule has 0 atom stereocenters. The average Bonchev–Trinajstić information content (AvgIpc) is 2.29. The first-order valence-electron chi connectivity index (χ1n) is 4.99. The van der Waals surface area contributed by atoms with Gasteiger partial charge in [0.15, 0.2) is 0 Å². The molecule has 0 aromatic heterocycles. The Bertz CT molecular complexity index is 486. The fourth-order valence-corrected chi connectivity index (χ4v) is 2.58. The van der Waals surface area contributed by atoms with E-state index < -0.39 is 10.0 Å². The van der Waals surface area contributed by atoms with Crippen LogP contribution in [0.1, 0.15) is 18.9 Å². The Hall–Kier alpha value is -1.38. The molecule has 0 spiro atoms. The number of nitriles is 1. The van der Waals surface area contributed by atoms with Gasteiger partial charge in [-0.3, -0.25) is 0 Å². The van der Waals surface area contributed by atoms with Crippen LogP contribution in [0.25, 0.3) is 0 Å². The first-order chi connectivity index (χ1) is 7.52. The Labute approximate surface area is 96.2 Å². The standard InChI is InChI=1S/C11H14N2O2S/c1-3-8-13(2)16(14,15)11-6-4-10(9-12)5-7-11/h4-7H,3,8H2,1-2H3. The van der Waals surface area contributed by atoms with Gasteiger partial charge in [-0.15, -0.1) is 0 Å². The highest BCUT2D eigenvalue weighted by atomic mass is 32.2. The molecule has 0 saturated carbocycles. The molecule has 0 unspecified atom stereocenters. The van der Waals surface area contributed by atoms with Crippen LogP contribution in [-0.4, -0.2) is 26.3 Å². The number of hydrogen-bond donors (Lipinski definition) is 0. The van der Waals surface area contributed by atoms with E-state index in [1.807, 2.05) is 13.0 Å². The molecule has 0 saturated heterocycles. The zero-order valence-corrected chi connectivity index (χ0v) is 10.2. The molecular formula is C11H14N2O2S. The van der Waals surface area contributed by atoms with E-state index >= 15 is 0 Å². The predicted molar refractivity (Wildman–Crippen MR) is 61.3 cm³/mol. The van der Waals surface area contributed by atoms with E-state index in [0.29, 0.717) is 12.1 Å². The molecule has 0 N–H and O–H groups in total. The van der Waals surface area contributed by atoms with Gasteiger partial charge in [0.1, 0.15) is 0 Å². The second-order valence-corrected chi connectivity index (χ2v) is 5.51. The molecular weight excluding hydrogens is 224 g/mol. The average molecular weight is 238 g/mol. The summed E-state index contributed by atoms with van der Waals surface area (Å²) >= 11 is 0. The van der Waals surface area contributed by atoms with Crippen molar-refractivity contribution in [3.63, 3.8) is 0 Å². The van der Waals surface area contributed by atoms with Gasteiger partial charge in [-0.05, 0) is 30.7 Å². The second-order valence-electron chi connectivity index (χ2n) is 3.46.